The molecule has 94 valence electrons. The maximum atomic E-state index is 9.40. The summed E-state index contributed by atoms with van der Waals surface area (Å²) in [5, 5.41) is 13.3. The number of hydrogen-bond donors (Lipinski definition) is 1. The van der Waals surface area contributed by atoms with E-state index in [4.69, 9.17) is 4.52 Å². The van der Waals surface area contributed by atoms with Crippen molar-refractivity contribution in [3.8, 4) is 17.1 Å². The van der Waals surface area contributed by atoms with E-state index in [2.05, 4.69) is 15.1 Å². The van der Waals surface area contributed by atoms with Crippen LogP contribution in [0.2, 0.25) is 0 Å². The Morgan fingerprint density at radius 1 is 1.16 bits per heavy atom. The topological polar surface area (TPSA) is 72.0 Å². The average Bonchev–Trinajstić information content (AvgIpc) is 2.88. The minimum atomic E-state index is 0.226. The normalized spacial score (nSPS) is 10.5. The molecule has 0 amide bonds. The van der Waals surface area contributed by atoms with Gasteiger partial charge in [-0.2, -0.15) is 4.98 Å². The van der Waals surface area contributed by atoms with E-state index in [-0.39, 0.29) is 5.75 Å². The average molecular weight is 253 g/mol. The molecular formula is C14H11N3O2. The van der Waals surface area contributed by atoms with Gasteiger partial charge in [-0.15, -0.1) is 0 Å². The van der Waals surface area contributed by atoms with E-state index < -0.39 is 0 Å². The van der Waals surface area contributed by atoms with Crippen molar-refractivity contribution in [2.75, 3.05) is 0 Å². The number of aromatic hydroxyl groups is 1. The van der Waals surface area contributed by atoms with E-state index in [0.29, 0.717) is 18.1 Å². The number of pyridine rings is 1. The number of benzene rings is 1. The second kappa shape index (κ2) is 4.89. The number of rotatable bonds is 3. The third-order valence-electron chi connectivity index (χ3n) is 2.65. The molecule has 0 aliphatic carbocycles. The second-order valence-electron chi connectivity index (χ2n) is 4.10. The second-order valence-corrected chi connectivity index (χ2v) is 4.10. The fraction of sp³-hybridized carbons (Fsp3) is 0.0714. The van der Waals surface area contributed by atoms with Crippen molar-refractivity contribution in [1.29, 1.82) is 0 Å². The monoisotopic (exact) mass is 253 g/mol. The van der Waals surface area contributed by atoms with E-state index in [9.17, 15) is 5.11 Å². The van der Waals surface area contributed by atoms with Crippen LogP contribution in [0.3, 0.4) is 0 Å². The molecule has 0 radical (unpaired) electrons. The number of nitrogens with zero attached hydrogens (tertiary/aromatic N) is 3. The minimum absolute atomic E-state index is 0.226. The highest BCUT2D eigenvalue weighted by atomic mass is 16.5. The van der Waals surface area contributed by atoms with Gasteiger partial charge in [-0.3, -0.25) is 4.98 Å². The predicted octanol–water partition coefficient (Wildman–Crippen LogP) is 2.43. The van der Waals surface area contributed by atoms with Gasteiger partial charge in [0.1, 0.15) is 5.75 Å². The smallest absolute Gasteiger partial charge is 0.231 e. The summed E-state index contributed by atoms with van der Waals surface area (Å²) in [6.07, 6.45) is 3.86. The SMILES string of the molecule is Oc1cccc(Cc2nc(-c3cccnc3)no2)c1. The molecule has 2 heterocycles. The first-order chi connectivity index (χ1) is 9.31. The van der Waals surface area contributed by atoms with Crippen molar-refractivity contribution in [2.45, 2.75) is 6.42 Å². The summed E-state index contributed by atoms with van der Waals surface area (Å²) in [5.41, 5.74) is 1.73. The summed E-state index contributed by atoms with van der Waals surface area (Å²) in [6, 6.07) is 10.7. The third kappa shape index (κ3) is 2.60. The van der Waals surface area contributed by atoms with Crippen LogP contribution in [0, 0.1) is 0 Å². The van der Waals surface area contributed by atoms with Crippen molar-refractivity contribution in [3.05, 3.63) is 60.2 Å². The zero-order chi connectivity index (χ0) is 13.1. The van der Waals surface area contributed by atoms with E-state index in [0.717, 1.165) is 11.1 Å². The number of phenols is 1. The lowest BCUT2D eigenvalue weighted by atomic mass is 10.1. The van der Waals surface area contributed by atoms with E-state index >= 15 is 0 Å². The molecule has 0 atom stereocenters. The molecule has 0 fully saturated rings. The Kier molecular flexibility index (Phi) is 2.94. The minimum Gasteiger partial charge on any atom is -0.508 e. The summed E-state index contributed by atoms with van der Waals surface area (Å²) in [6.45, 7) is 0. The van der Waals surface area contributed by atoms with Crippen LogP contribution in [-0.2, 0) is 6.42 Å². The maximum absolute atomic E-state index is 9.40. The van der Waals surface area contributed by atoms with Gasteiger partial charge in [0, 0.05) is 18.0 Å². The molecule has 0 unspecified atom stereocenters. The molecular weight excluding hydrogens is 242 g/mol. The highest BCUT2D eigenvalue weighted by Gasteiger charge is 2.09. The Morgan fingerprint density at radius 3 is 2.89 bits per heavy atom. The Hall–Kier alpha value is -2.69. The van der Waals surface area contributed by atoms with Gasteiger partial charge in [-0.05, 0) is 29.8 Å². The van der Waals surface area contributed by atoms with Crippen LogP contribution < -0.4 is 0 Å². The van der Waals surface area contributed by atoms with Crippen LogP contribution in [0.15, 0.2) is 53.3 Å². The number of hydrogen-bond acceptors (Lipinski definition) is 5. The molecule has 0 saturated carbocycles. The zero-order valence-electron chi connectivity index (χ0n) is 10.0. The van der Waals surface area contributed by atoms with Gasteiger partial charge in [0.15, 0.2) is 0 Å². The van der Waals surface area contributed by atoms with Gasteiger partial charge in [-0.1, -0.05) is 17.3 Å². The summed E-state index contributed by atoms with van der Waals surface area (Å²) >= 11 is 0. The van der Waals surface area contributed by atoms with E-state index in [1.807, 2.05) is 18.2 Å². The van der Waals surface area contributed by atoms with Crippen molar-refractivity contribution < 1.29 is 9.63 Å². The molecule has 1 N–H and O–H groups in total. The summed E-state index contributed by atoms with van der Waals surface area (Å²) in [7, 11) is 0. The Morgan fingerprint density at radius 2 is 2.11 bits per heavy atom. The lowest BCUT2D eigenvalue weighted by Crippen LogP contribution is -1.88. The summed E-state index contributed by atoms with van der Waals surface area (Å²) in [4.78, 5) is 8.32. The molecule has 5 nitrogen and oxygen atoms in total. The molecule has 2 aromatic heterocycles. The molecule has 19 heavy (non-hydrogen) atoms. The van der Waals surface area contributed by atoms with Gasteiger partial charge >= 0.3 is 0 Å². The first kappa shape index (κ1) is 11.4. The van der Waals surface area contributed by atoms with Crippen LogP contribution in [0.25, 0.3) is 11.4 Å². The van der Waals surface area contributed by atoms with Crippen LogP contribution in [-0.4, -0.2) is 20.2 Å². The highest BCUT2D eigenvalue weighted by molar-refractivity contribution is 5.51. The number of phenolic OH excluding ortho intramolecular Hbond substituents is 1. The molecule has 1 aromatic carbocycles. The van der Waals surface area contributed by atoms with Crippen LogP contribution in [0.5, 0.6) is 5.75 Å². The van der Waals surface area contributed by atoms with Gasteiger partial charge in [-0.25, -0.2) is 0 Å². The van der Waals surface area contributed by atoms with Gasteiger partial charge in [0.25, 0.3) is 0 Å². The van der Waals surface area contributed by atoms with Crippen molar-refractivity contribution in [3.63, 3.8) is 0 Å². The Bertz CT molecular complexity index is 680. The van der Waals surface area contributed by atoms with Crippen molar-refractivity contribution in [1.82, 2.24) is 15.1 Å². The molecule has 5 heteroatoms. The number of aromatic nitrogens is 3. The first-order valence-corrected chi connectivity index (χ1v) is 5.82. The maximum Gasteiger partial charge on any atom is 0.231 e. The first-order valence-electron chi connectivity index (χ1n) is 5.82. The molecule has 3 aromatic rings. The lowest BCUT2D eigenvalue weighted by molar-refractivity contribution is 0.385. The molecule has 0 bridgehead atoms. The predicted molar refractivity (Wildman–Crippen MR) is 68.4 cm³/mol. The largest absolute Gasteiger partial charge is 0.508 e. The Labute approximate surface area is 109 Å². The van der Waals surface area contributed by atoms with E-state index in [1.54, 1.807) is 30.6 Å². The van der Waals surface area contributed by atoms with Crippen LogP contribution in [0.4, 0.5) is 0 Å². The molecule has 0 aliphatic heterocycles. The third-order valence-corrected chi connectivity index (χ3v) is 2.65. The van der Waals surface area contributed by atoms with Crippen LogP contribution >= 0.6 is 0 Å². The molecule has 0 spiro atoms. The fourth-order valence-electron chi connectivity index (χ4n) is 1.78. The van der Waals surface area contributed by atoms with Crippen LogP contribution in [0.1, 0.15) is 11.5 Å². The standard InChI is InChI=1S/C14H11N3O2/c18-12-5-1-3-10(7-12)8-13-16-14(17-19-13)11-4-2-6-15-9-11/h1-7,9,18H,8H2. The Balaban J connectivity index is 1.82. The molecule has 3 rings (SSSR count). The summed E-state index contributed by atoms with van der Waals surface area (Å²) < 4.78 is 5.19. The zero-order valence-corrected chi connectivity index (χ0v) is 10.0. The molecule has 0 saturated heterocycles. The van der Waals surface area contributed by atoms with E-state index in [1.165, 1.54) is 0 Å². The highest BCUT2D eigenvalue weighted by Crippen LogP contribution is 2.17. The fourth-order valence-corrected chi connectivity index (χ4v) is 1.78. The van der Waals surface area contributed by atoms with Crippen molar-refractivity contribution >= 4 is 0 Å². The van der Waals surface area contributed by atoms with Gasteiger partial charge in [0.2, 0.25) is 11.7 Å². The van der Waals surface area contributed by atoms with Gasteiger partial charge in [0.05, 0.1) is 6.42 Å². The lowest BCUT2D eigenvalue weighted by Gasteiger charge is -1.97. The quantitative estimate of drug-likeness (QED) is 0.776. The van der Waals surface area contributed by atoms with Gasteiger partial charge < -0.3 is 9.63 Å². The van der Waals surface area contributed by atoms with Crippen molar-refractivity contribution in [2.24, 2.45) is 0 Å². The molecule has 0 aliphatic rings. The summed E-state index contributed by atoms with van der Waals surface area (Å²) in [5.74, 6) is 1.25.